The maximum Gasteiger partial charge on any atom is 0.170 e. The summed E-state index contributed by atoms with van der Waals surface area (Å²) in [5.41, 5.74) is 6.64. The van der Waals surface area contributed by atoms with Crippen LogP contribution in [-0.2, 0) is 13.1 Å². The number of pyridine rings is 1. The molecule has 3 aromatic heterocycles. The fourth-order valence-corrected chi connectivity index (χ4v) is 5.82. The van der Waals surface area contributed by atoms with Gasteiger partial charge in [0.1, 0.15) is 17.0 Å². The van der Waals surface area contributed by atoms with E-state index in [0.717, 1.165) is 78.9 Å². The molecule has 8 nitrogen and oxygen atoms in total. The number of fused-ring (bicyclic) bond motifs is 3. The molecule has 3 aliphatic heterocycles. The smallest absolute Gasteiger partial charge is 0.170 e. The monoisotopic (exact) mass is 468 g/mol. The highest BCUT2D eigenvalue weighted by Crippen LogP contribution is 2.41. The number of Topliss-reactive ketones (excluding diaryl/α,β-unsaturated/α-hetero) is 1. The van der Waals surface area contributed by atoms with E-state index in [4.69, 9.17) is 9.72 Å². The minimum absolute atomic E-state index is 0.179. The SMILES string of the molecule is CN1CCn2ncc(-c3cnc4[nH]cc(-c5ccc6c(c5)OC5(CCNCC5)CC6=O)c4c3)c2C1. The van der Waals surface area contributed by atoms with Gasteiger partial charge in [0.25, 0.3) is 0 Å². The van der Waals surface area contributed by atoms with Crippen molar-refractivity contribution >= 4 is 16.8 Å². The summed E-state index contributed by atoms with van der Waals surface area (Å²) in [6.45, 7) is 4.55. The number of hydrogen-bond donors (Lipinski definition) is 2. The first kappa shape index (κ1) is 20.8. The minimum atomic E-state index is -0.377. The Bertz CT molecular complexity index is 1460. The van der Waals surface area contributed by atoms with E-state index >= 15 is 0 Å². The Morgan fingerprint density at radius 2 is 1.91 bits per heavy atom. The zero-order valence-corrected chi connectivity index (χ0v) is 19.8. The first-order valence-corrected chi connectivity index (χ1v) is 12.4. The molecule has 0 aliphatic carbocycles. The van der Waals surface area contributed by atoms with Crippen LogP contribution in [0.5, 0.6) is 5.75 Å². The second-order valence-corrected chi connectivity index (χ2v) is 10.1. The van der Waals surface area contributed by atoms with Crippen molar-refractivity contribution in [2.45, 2.75) is 38.0 Å². The van der Waals surface area contributed by atoms with Gasteiger partial charge >= 0.3 is 0 Å². The van der Waals surface area contributed by atoms with Crippen LogP contribution in [0.4, 0.5) is 0 Å². The number of nitrogens with zero attached hydrogens (tertiary/aromatic N) is 4. The van der Waals surface area contributed by atoms with Crippen LogP contribution in [0.25, 0.3) is 33.3 Å². The van der Waals surface area contributed by atoms with Crippen molar-refractivity contribution in [3.05, 3.63) is 54.1 Å². The highest BCUT2D eigenvalue weighted by atomic mass is 16.5. The molecule has 8 heteroatoms. The lowest BCUT2D eigenvalue weighted by atomic mass is 9.82. The number of benzene rings is 1. The minimum Gasteiger partial charge on any atom is -0.486 e. The molecule has 1 aromatic carbocycles. The highest BCUT2D eigenvalue weighted by Gasteiger charge is 2.41. The van der Waals surface area contributed by atoms with E-state index in [2.05, 4.69) is 38.1 Å². The lowest BCUT2D eigenvalue weighted by Gasteiger charge is -2.41. The van der Waals surface area contributed by atoms with Gasteiger partial charge in [0.15, 0.2) is 5.78 Å². The number of carbonyl (C=O) groups is 1. The molecule has 0 bridgehead atoms. The predicted molar refractivity (Wildman–Crippen MR) is 133 cm³/mol. The van der Waals surface area contributed by atoms with Crippen LogP contribution in [0.1, 0.15) is 35.3 Å². The average Bonchev–Trinajstić information content (AvgIpc) is 3.47. The van der Waals surface area contributed by atoms with E-state index in [1.807, 2.05) is 36.8 Å². The molecule has 4 aromatic rings. The average molecular weight is 469 g/mol. The number of rotatable bonds is 2. The Balaban J connectivity index is 1.29. The van der Waals surface area contributed by atoms with Crippen LogP contribution in [0.3, 0.4) is 0 Å². The number of carbonyl (C=O) groups excluding carboxylic acids is 1. The fourth-order valence-electron chi connectivity index (χ4n) is 5.82. The lowest BCUT2D eigenvalue weighted by molar-refractivity contribution is 0.0188. The number of ether oxygens (including phenoxy) is 1. The van der Waals surface area contributed by atoms with Gasteiger partial charge in [-0.05, 0) is 43.9 Å². The summed E-state index contributed by atoms with van der Waals surface area (Å²) in [5, 5.41) is 9.04. The third-order valence-corrected chi connectivity index (χ3v) is 7.82. The third kappa shape index (κ3) is 3.39. The lowest BCUT2D eigenvalue weighted by Crippen LogP contribution is -2.49. The normalized spacial score (nSPS) is 19.5. The van der Waals surface area contributed by atoms with Gasteiger partial charge in [0, 0.05) is 60.4 Å². The summed E-state index contributed by atoms with van der Waals surface area (Å²) in [6.07, 6.45) is 8.05. The molecular formula is C27H28N6O2. The number of likely N-dealkylation sites (N-methyl/N-ethyl adjacent to an activating group) is 1. The number of aromatic amines is 1. The molecule has 1 spiro atoms. The largest absolute Gasteiger partial charge is 0.486 e. The first-order chi connectivity index (χ1) is 17.1. The van der Waals surface area contributed by atoms with Gasteiger partial charge in [0.05, 0.1) is 30.4 Å². The van der Waals surface area contributed by atoms with Gasteiger partial charge < -0.3 is 15.0 Å². The fraction of sp³-hybridized carbons (Fsp3) is 0.370. The molecule has 2 N–H and O–H groups in total. The van der Waals surface area contributed by atoms with Crippen LogP contribution < -0.4 is 10.1 Å². The van der Waals surface area contributed by atoms with E-state index in [9.17, 15) is 4.79 Å². The van der Waals surface area contributed by atoms with E-state index in [0.29, 0.717) is 17.7 Å². The van der Waals surface area contributed by atoms with Crippen molar-refractivity contribution in [3.63, 3.8) is 0 Å². The van der Waals surface area contributed by atoms with Crippen LogP contribution in [0, 0.1) is 0 Å². The molecule has 7 rings (SSSR count). The van der Waals surface area contributed by atoms with Gasteiger partial charge in [-0.3, -0.25) is 14.4 Å². The van der Waals surface area contributed by atoms with Crippen molar-refractivity contribution < 1.29 is 9.53 Å². The van der Waals surface area contributed by atoms with Crippen LogP contribution in [0.15, 0.2) is 42.9 Å². The molecule has 35 heavy (non-hydrogen) atoms. The molecule has 1 fully saturated rings. The molecule has 6 heterocycles. The van der Waals surface area contributed by atoms with E-state index in [-0.39, 0.29) is 11.4 Å². The van der Waals surface area contributed by atoms with Crippen molar-refractivity contribution in [1.82, 2.24) is 30.0 Å². The number of piperidine rings is 1. The molecular weight excluding hydrogens is 440 g/mol. The Kier molecular flexibility index (Phi) is 4.62. The molecule has 1 saturated heterocycles. The Hall–Kier alpha value is -3.49. The topological polar surface area (TPSA) is 88.1 Å². The predicted octanol–water partition coefficient (Wildman–Crippen LogP) is 3.63. The van der Waals surface area contributed by atoms with Crippen molar-refractivity contribution in [1.29, 1.82) is 0 Å². The van der Waals surface area contributed by atoms with Gasteiger partial charge in [-0.25, -0.2) is 4.98 Å². The van der Waals surface area contributed by atoms with E-state index in [1.165, 1.54) is 5.69 Å². The van der Waals surface area contributed by atoms with Crippen LogP contribution in [0.2, 0.25) is 0 Å². The van der Waals surface area contributed by atoms with E-state index in [1.54, 1.807) is 0 Å². The van der Waals surface area contributed by atoms with Crippen molar-refractivity contribution in [2.24, 2.45) is 0 Å². The number of ketones is 1. The standard InChI is InChI=1S/C27H28N6O2/c1-32-8-9-33-23(16-32)22(15-31-33)18-10-20-21(14-30-26(20)29-13-18)17-2-3-19-24(34)12-27(35-25(19)11-17)4-6-28-7-5-27/h2-3,10-11,13-15,28H,4-9,12,16H2,1H3,(H,29,30). The van der Waals surface area contributed by atoms with Crippen LogP contribution in [-0.4, -0.2) is 62.7 Å². The maximum absolute atomic E-state index is 13.0. The van der Waals surface area contributed by atoms with Crippen molar-refractivity contribution in [3.8, 4) is 28.0 Å². The zero-order chi connectivity index (χ0) is 23.6. The third-order valence-electron chi connectivity index (χ3n) is 7.82. The van der Waals surface area contributed by atoms with Gasteiger partial charge in [-0.2, -0.15) is 5.10 Å². The molecule has 0 amide bonds. The molecule has 3 aliphatic rings. The molecule has 0 atom stereocenters. The second kappa shape index (κ2) is 7.76. The zero-order valence-electron chi connectivity index (χ0n) is 19.8. The summed E-state index contributed by atoms with van der Waals surface area (Å²) in [7, 11) is 2.14. The number of aromatic nitrogens is 4. The summed E-state index contributed by atoms with van der Waals surface area (Å²) < 4.78 is 8.64. The first-order valence-electron chi connectivity index (χ1n) is 12.4. The van der Waals surface area contributed by atoms with Crippen molar-refractivity contribution in [2.75, 3.05) is 26.7 Å². The Labute approximate surface area is 203 Å². The summed E-state index contributed by atoms with van der Waals surface area (Å²) in [6, 6.07) is 8.16. The number of hydrogen-bond acceptors (Lipinski definition) is 6. The van der Waals surface area contributed by atoms with Crippen LogP contribution >= 0.6 is 0 Å². The maximum atomic E-state index is 13.0. The molecule has 178 valence electrons. The Morgan fingerprint density at radius 1 is 1.03 bits per heavy atom. The quantitative estimate of drug-likeness (QED) is 0.467. The van der Waals surface area contributed by atoms with Gasteiger partial charge in [-0.1, -0.05) is 6.07 Å². The summed E-state index contributed by atoms with van der Waals surface area (Å²) >= 11 is 0. The molecule has 0 unspecified atom stereocenters. The summed E-state index contributed by atoms with van der Waals surface area (Å²) in [4.78, 5) is 23.3. The van der Waals surface area contributed by atoms with Gasteiger partial charge in [-0.15, -0.1) is 0 Å². The number of nitrogens with one attached hydrogen (secondary N) is 2. The van der Waals surface area contributed by atoms with Gasteiger partial charge in [0.2, 0.25) is 0 Å². The second-order valence-electron chi connectivity index (χ2n) is 10.1. The highest BCUT2D eigenvalue weighted by molar-refractivity contribution is 6.02. The number of H-pyrrole nitrogens is 1. The van der Waals surface area contributed by atoms with E-state index < -0.39 is 0 Å². The molecule has 0 radical (unpaired) electrons. The summed E-state index contributed by atoms with van der Waals surface area (Å²) in [5.74, 6) is 0.881. The molecule has 0 saturated carbocycles. The Morgan fingerprint density at radius 3 is 2.80 bits per heavy atom.